The molecule has 0 bridgehead atoms. The summed E-state index contributed by atoms with van der Waals surface area (Å²) in [5.74, 6) is -2.06. The molecular weight excluding hydrogens is 299 g/mol. The largest absolute Gasteiger partial charge is 0.481 e. The van der Waals surface area contributed by atoms with Gasteiger partial charge in [0, 0.05) is 13.0 Å². The monoisotopic (exact) mass is 314 g/mol. The van der Waals surface area contributed by atoms with Gasteiger partial charge in [0.25, 0.3) is 0 Å². The number of halogens is 1. The molecule has 0 heterocycles. The first-order chi connectivity index (χ1) is 9.77. The Morgan fingerprint density at radius 3 is 2.76 bits per heavy atom. The van der Waals surface area contributed by atoms with Crippen LogP contribution in [0.2, 0.25) is 0 Å². The first-order valence-corrected chi connectivity index (χ1v) is 7.66. The molecule has 0 saturated heterocycles. The van der Waals surface area contributed by atoms with Crippen LogP contribution < -0.4 is 4.72 Å². The highest BCUT2D eigenvalue weighted by Gasteiger charge is 2.21. The summed E-state index contributed by atoms with van der Waals surface area (Å²) in [6, 6.07) is 4.88. The molecule has 114 valence electrons. The van der Waals surface area contributed by atoms with Crippen molar-refractivity contribution in [2.24, 2.45) is 5.92 Å². The van der Waals surface area contributed by atoms with Crippen LogP contribution in [0.25, 0.3) is 0 Å². The summed E-state index contributed by atoms with van der Waals surface area (Å²) in [6.07, 6.45) is 0.248. The molecule has 0 fully saturated rings. The quantitative estimate of drug-likeness (QED) is 0.792. The van der Waals surface area contributed by atoms with Gasteiger partial charge in [0.1, 0.15) is 22.3 Å². The Morgan fingerprint density at radius 1 is 1.52 bits per heavy atom. The molecule has 2 N–H and O–H groups in total. The summed E-state index contributed by atoms with van der Waals surface area (Å²) in [5, 5.41) is 17.4. The molecule has 0 spiro atoms. The summed E-state index contributed by atoms with van der Waals surface area (Å²) in [6.45, 7) is 1.71. The number of hydrogen-bond acceptors (Lipinski definition) is 4. The Hall–Kier alpha value is -1.98. The van der Waals surface area contributed by atoms with E-state index in [0.717, 1.165) is 12.1 Å². The number of nitriles is 1. The van der Waals surface area contributed by atoms with Gasteiger partial charge in [-0.3, -0.25) is 4.79 Å². The zero-order chi connectivity index (χ0) is 16.0. The van der Waals surface area contributed by atoms with Crippen LogP contribution >= 0.6 is 0 Å². The molecule has 8 heteroatoms. The number of carboxylic acids is 1. The van der Waals surface area contributed by atoms with E-state index in [1.165, 1.54) is 12.1 Å². The highest BCUT2D eigenvalue weighted by Crippen LogP contribution is 2.18. The summed E-state index contributed by atoms with van der Waals surface area (Å²) in [7, 11) is -4.02. The van der Waals surface area contributed by atoms with E-state index in [9.17, 15) is 17.6 Å². The van der Waals surface area contributed by atoms with Gasteiger partial charge in [0.05, 0.1) is 0 Å². The van der Waals surface area contributed by atoms with E-state index in [1.807, 2.05) is 0 Å². The highest BCUT2D eigenvalue weighted by atomic mass is 32.2. The summed E-state index contributed by atoms with van der Waals surface area (Å²) < 4.78 is 39.8. The maximum absolute atomic E-state index is 13.4. The van der Waals surface area contributed by atoms with Crippen LogP contribution in [0.3, 0.4) is 0 Å². The Balaban J connectivity index is 2.82. The maximum Gasteiger partial charge on any atom is 0.303 e. The molecule has 0 radical (unpaired) electrons. The van der Waals surface area contributed by atoms with Crippen molar-refractivity contribution in [2.45, 2.75) is 24.7 Å². The Labute approximate surface area is 122 Å². The van der Waals surface area contributed by atoms with Crippen molar-refractivity contribution in [2.75, 3.05) is 6.54 Å². The Morgan fingerprint density at radius 2 is 2.19 bits per heavy atom. The lowest BCUT2D eigenvalue weighted by Gasteiger charge is -2.12. The normalized spacial score (nSPS) is 12.6. The molecule has 0 amide bonds. The fourth-order valence-corrected chi connectivity index (χ4v) is 2.97. The molecule has 1 rings (SSSR count). The minimum Gasteiger partial charge on any atom is -0.481 e. The number of carboxylic acid groups (broad SMARTS) is 1. The van der Waals surface area contributed by atoms with E-state index in [1.54, 1.807) is 6.92 Å². The molecule has 1 atom stereocenters. The van der Waals surface area contributed by atoms with Gasteiger partial charge in [-0.1, -0.05) is 13.0 Å². The van der Waals surface area contributed by atoms with Gasteiger partial charge in [0.2, 0.25) is 10.0 Å². The third-order valence-corrected chi connectivity index (χ3v) is 4.32. The van der Waals surface area contributed by atoms with E-state index in [4.69, 9.17) is 10.4 Å². The third-order valence-electron chi connectivity index (χ3n) is 2.85. The van der Waals surface area contributed by atoms with Gasteiger partial charge in [-0.2, -0.15) is 5.26 Å². The number of carbonyl (C=O) groups is 1. The van der Waals surface area contributed by atoms with Crippen LogP contribution in [0, 0.1) is 23.1 Å². The second-order valence-corrected chi connectivity index (χ2v) is 6.35. The van der Waals surface area contributed by atoms with Crippen LogP contribution in [0.5, 0.6) is 0 Å². The SMILES string of the molecule is CC(CCC(=O)O)CNS(=O)(=O)c1cccc(F)c1C#N. The standard InChI is InChI=1S/C13H15FN2O4S/c1-9(5-6-13(17)18)8-16-21(19,20)12-4-2-3-11(14)10(12)7-15/h2-4,9,16H,5-6,8H2,1H3,(H,17,18). The van der Waals surface area contributed by atoms with Gasteiger partial charge in [0.15, 0.2) is 0 Å². The predicted octanol–water partition coefficient (Wildman–Crippen LogP) is 1.48. The molecule has 21 heavy (non-hydrogen) atoms. The van der Waals surface area contributed by atoms with Gasteiger partial charge in [-0.15, -0.1) is 0 Å². The third kappa shape index (κ3) is 4.81. The smallest absolute Gasteiger partial charge is 0.303 e. The Kier molecular flexibility index (Phi) is 5.81. The summed E-state index contributed by atoms with van der Waals surface area (Å²) in [5.41, 5.74) is -0.539. The number of nitrogens with one attached hydrogen (secondary N) is 1. The van der Waals surface area contributed by atoms with Crippen molar-refractivity contribution >= 4 is 16.0 Å². The van der Waals surface area contributed by atoms with Crippen molar-refractivity contribution in [3.63, 3.8) is 0 Å². The molecule has 0 aromatic heterocycles. The van der Waals surface area contributed by atoms with Crippen LogP contribution in [0.15, 0.2) is 23.1 Å². The van der Waals surface area contributed by atoms with Gasteiger partial charge >= 0.3 is 5.97 Å². The number of hydrogen-bond donors (Lipinski definition) is 2. The highest BCUT2D eigenvalue weighted by molar-refractivity contribution is 7.89. The lowest BCUT2D eigenvalue weighted by Crippen LogP contribution is -2.29. The fourth-order valence-electron chi connectivity index (χ4n) is 1.64. The minimum atomic E-state index is -4.02. The topological polar surface area (TPSA) is 107 Å². The number of benzene rings is 1. The number of sulfonamides is 1. The zero-order valence-corrected chi connectivity index (χ0v) is 12.2. The molecule has 0 aliphatic rings. The summed E-state index contributed by atoms with van der Waals surface area (Å²) in [4.78, 5) is 10.0. The molecule has 1 aromatic rings. The lowest BCUT2D eigenvalue weighted by atomic mass is 10.1. The first kappa shape index (κ1) is 17.1. The van der Waals surface area contributed by atoms with Crippen LogP contribution in [-0.2, 0) is 14.8 Å². The van der Waals surface area contributed by atoms with Crippen LogP contribution in [-0.4, -0.2) is 26.0 Å². The average molecular weight is 314 g/mol. The second-order valence-electron chi connectivity index (χ2n) is 4.61. The molecule has 0 aliphatic heterocycles. The van der Waals surface area contributed by atoms with E-state index in [0.29, 0.717) is 6.42 Å². The lowest BCUT2D eigenvalue weighted by molar-refractivity contribution is -0.137. The molecule has 0 saturated carbocycles. The van der Waals surface area contributed by atoms with E-state index >= 15 is 0 Å². The second kappa shape index (κ2) is 7.15. The zero-order valence-electron chi connectivity index (χ0n) is 11.3. The molecule has 6 nitrogen and oxygen atoms in total. The maximum atomic E-state index is 13.4. The van der Waals surface area contributed by atoms with Gasteiger partial charge in [-0.25, -0.2) is 17.5 Å². The number of nitrogens with zero attached hydrogens (tertiary/aromatic N) is 1. The van der Waals surface area contributed by atoms with E-state index in [2.05, 4.69) is 4.72 Å². The first-order valence-electron chi connectivity index (χ1n) is 6.18. The molecule has 1 aromatic carbocycles. The van der Waals surface area contributed by atoms with Crippen molar-refractivity contribution in [1.82, 2.24) is 4.72 Å². The van der Waals surface area contributed by atoms with Gasteiger partial charge < -0.3 is 5.11 Å². The minimum absolute atomic E-state index is 0.0109. The van der Waals surface area contributed by atoms with E-state index < -0.39 is 32.3 Å². The molecular formula is C13H15FN2O4S. The average Bonchev–Trinajstić information content (AvgIpc) is 2.42. The van der Waals surface area contributed by atoms with E-state index in [-0.39, 0.29) is 18.9 Å². The van der Waals surface area contributed by atoms with Gasteiger partial charge in [-0.05, 0) is 24.5 Å². The van der Waals surface area contributed by atoms with Crippen molar-refractivity contribution in [1.29, 1.82) is 5.26 Å². The van der Waals surface area contributed by atoms with Crippen molar-refractivity contribution < 1.29 is 22.7 Å². The van der Waals surface area contributed by atoms with Crippen molar-refractivity contribution in [3.8, 4) is 6.07 Å². The molecule has 1 unspecified atom stereocenters. The summed E-state index contributed by atoms with van der Waals surface area (Å²) >= 11 is 0. The predicted molar refractivity (Wildman–Crippen MR) is 72.3 cm³/mol. The van der Waals surface area contributed by atoms with Crippen LogP contribution in [0.4, 0.5) is 4.39 Å². The Bertz CT molecular complexity index is 667. The number of rotatable bonds is 7. The van der Waals surface area contributed by atoms with Crippen molar-refractivity contribution in [3.05, 3.63) is 29.6 Å². The van der Waals surface area contributed by atoms with Crippen LogP contribution in [0.1, 0.15) is 25.3 Å². The number of aliphatic carboxylic acids is 1. The molecule has 0 aliphatic carbocycles. The fraction of sp³-hybridized carbons (Fsp3) is 0.385.